The standard InChI is InChI=1S/C9H9NO6/c10-5(8(12)13)1-4-2-6(9(14)15)16-7(11)3-4/h2-3,5H,1,10H2,(H,12,13)(H,14,15)/t5-/m0/s1. The van der Waals surface area contributed by atoms with Gasteiger partial charge in [0.15, 0.2) is 0 Å². The topological polar surface area (TPSA) is 131 Å². The zero-order valence-electron chi connectivity index (χ0n) is 8.04. The summed E-state index contributed by atoms with van der Waals surface area (Å²) in [5, 5.41) is 17.1. The molecule has 7 nitrogen and oxygen atoms in total. The summed E-state index contributed by atoms with van der Waals surface area (Å²) in [7, 11) is 0. The van der Waals surface area contributed by atoms with Crippen molar-refractivity contribution in [1.82, 2.24) is 0 Å². The molecule has 0 aliphatic carbocycles. The monoisotopic (exact) mass is 227 g/mol. The predicted molar refractivity (Wildman–Crippen MR) is 51.3 cm³/mol. The van der Waals surface area contributed by atoms with Crippen molar-refractivity contribution in [1.29, 1.82) is 0 Å². The van der Waals surface area contributed by atoms with Crippen molar-refractivity contribution in [2.24, 2.45) is 5.73 Å². The SMILES string of the molecule is N[C@@H](Cc1cc(C(=O)O)oc(=O)c1)C(=O)O. The van der Waals surface area contributed by atoms with Gasteiger partial charge in [0.25, 0.3) is 0 Å². The number of carboxylic acids is 2. The Bertz CT molecular complexity index is 477. The molecule has 0 fully saturated rings. The average Bonchev–Trinajstić information content (AvgIpc) is 2.16. The number of hydrogen-bond acceptors (Lipinski definition) is 5. The second-order valence-electron chi connectivity index (χ2n) is 3.10. The van der Waals surface area contributed by atoms with E-state index in [0.717, 1.165) is 12.1 Å². The Hall–Kier alpha value is -2.15. The predicted octanol–water partition coefficient (Wildman–Crippen LogP) is -0.708. The molecule has 1 atom stereocenters. The van der Waals surface area contributed by atoms with Crippen LogP contribution in [0, 0.1) is 0 Å². The first-order chi connectivity index (χ1) is 7.40. The summed E-state index contributed by atoms with van der Waals surface area (Å²) in [4.78, 5) is 32.0. The first-order valence-electron chi connectivity index (χ1n) is 4.26. The second kappa shape index (κ2) is 4.58. The van der Waals surface area contributed by atoms with E-state index in [-0.39, 0.29) is 12.0 Å². The van der Waals surface area contributed by atoms with Crippen LogP contribution in [-0.2, 0) is 11.2 Å². The van der Waals surface area contributed by atoms with Gasteiger partial charge in [-0.05, 0) is 18.1 Å². The summed E-state index contributed by atoms with van der Waals surface area (Å²) in [6, 6.07) is 0.894. The third-order valence-electron chi connectivity index (χ3n) is 1.81. The molecule has 0 bridgehead atoms. The lowest BCUT2D eigenvalue weighted by atomic mass is 10.1. The van der Waals surface area contributed by atoms with E-state index < -0.39 is 29.4 Å². The van der Waals surface area contributed by atoms with Crippen LogP contribution >= 0.6 is 0 Å². The molecule has 4 N–H and O–H groups in total. The molecule has 0 aliphatic rings. The summed E-state index contributed by atoms with van der Waals surface area (Å²) in [6.07, 6.45) is -0.138. The number of nitrogens with two attached hydrogens (primary N) is 1. The first-order valence-corrected chi connectivity index (χ1v) is 4.26. The van der Waals surface area contributed by atoms with E-state index in [2.05, 4.69) is 4.42 Å². The molecule has 0 radical (unpaired) electrons. The van der Waals surface area contributed by atoms with Crippen LogP contribution in [0.3, 0.4) is 0 Å². The highest BCUT2D eigenvalue weighted by Crippen LogP contribution is 2.04. The van der Waals surface area contributed by atoms with Gasteiger partial charge in [0.1, 0.15) is 6.04 Å². The van der Waals surface area contributed by atoms with Crippen molar-refractivity contribution in [3.05, 3.63) is 33.9 Å². The van der Waals surface area contributed by atoms with Gasteiger partial charge in [-0.15, -0.1) is 0 Å². The molecule has 0 aromatic carbocycles. The zero-order chi connectivity index (χ0) is 12.3. The zero-order valence-corrected chi connectivity index (χ0v) is 8.04. The normalized spacial score (nSPS) is 12.1. The van der Waals surface area contributed by atoms with Gasteiger partial charge >= 0.3 is 17.6 Å². The Morgan fingerprint density at radius 3 is 2.50 bits per heavy atom. The van der Waals surface area contributed by atoms with Gasteiger partial charge in [-0.25, -0.2) is 9.59 Å². The summed E-state index contributed by atoms with van der Waals surface area (Å²) < 4.78 is 4.38. The fourth-order valence-electron chi connectivity index (χ4n) is 1.09. The lowest BCUT2D eigenvalue weighted by Gasteiger charge is -2.05. The number of aromatic carboxylic acids is 1. The summed E-state index contributed by atoms with van der Waals surface area (Å²) in [6.45, 7) is 0. The number of hydrogen-bond donors (Lipinski definition) is 3. The van der Waals surface area contributed by atoms with E-state index in [1.54, 1.807) is 0 Å². The van der Waals surface area contributed by atoms with Crippen LogP contribution in [0.4, 0.5) is 0 Å². The molecular formula is C9H9NO6. The van der Waals surface area contributed by atoms with Crippen LogP contribution in [-0.4, -0.2) is 28.2 Å². The molecule has 1 aromatic rings. The molecule has 1 aromatic heterocycles. The van der Waals surface area contributed by atoms with Gasteiger partial charge in [0.05, 0.1) is 0 Å². The lowest BCUT2D eigenvalue weighted by Crippen LogP contribution is -2.32. The minimum absolute atomic E-state index is 0.138. The van der Waals surface area contributed by atoms with Gasteiger partial charge in [0, 0.05) is 6.07 Å². The fourth-order valence-corrected chi connectivity index (χ4v) is 1.09. The van der Waals surface area contributed by atoms with Crippen molar-refractivity contribution < 1.29 is 24.2 Å². The minimum atomic E-state index is -1.40. The molecule has 0 saturated carbocycles. The lowest BCUT2D eigenvalue weighted by molar-refractivity contribution is -0.138. The maximum absolute atomic E-state index is 10.9. The average molecular weight is 227 g/mol. The maximum atomic E-state index is 10.9. The highest BCUT2D eigenvalue weighted by atomic mass is 16.4. The first kappa shape index (κ1) is 11.9. The Morgan fingerprint density at radius 2 is 2.00 bits per heavy atom. The molecule has 0 amide bonds. The maximum Gasteiger partial charge on any atom is 0.371 e. The van der Waals surface area contributed by atoms with E-state index in [9.17, 15) is 14.4 Å². The third-order valence-corrected chi connectivity index (χ3v) is 1.81. The molecule has 1 heterocycles. The Kier molecular flexibility index (Phi) is 3.41. The molecule has 7 heteroatoms. The van der Waals surface area contributed by atoms with E-state index in [1.165, 1.54) is 0 Å². The molecule has 0 saturated heterocycles. The minimum Gasteiger partial charge on any atom is -0.480 e. The van der Waals surface area contributed by atoms with E-state index in [1.807, 2.05) is 0 Å². The van der Waals surface area contributed by atoms with Gasteiger partial charge in [-0.3, -0.25) is 4.79 Å². The number of aliphatic carboxylic acids is 1. The molecule has 86 valence electrons. The van der Waals surface area contributed by atoms with Gasteiger partial charge in [-0.1, -0.05) is 0 Å². The second-order valence-corrected chi connectivity index (χ2v) is 3.10. The smallest absolute Gasteiger partial charge is 0.371 e. The molecule has 1 rings (SSSR count). The van der Waals surface area contributed by atoms with Crippen molar-refractivity contribution >= 4 is 11.9 Å². The molecule has 0 spiro atoms. The third kappa shape index (κ3) is 2.92. The Labute approximate surface area is 89.1 Å². The van der Waals surface area contributed by atoms with E-state index in [4.69, 9.17) is 15.9 Å². The Morgan fingerprint density at radius 1 is 1.38 bits per heavy atom. The van der Waals surface area contributed by atoms with Crippen molar-refractivity contribution in [2.75, 3.05) is 0 Å². The van der Waals surface area contributed by atoms with Crippen LogP contribution in [0.5, 0.6) is 0 Å². The molecule has 0 aliphatic heterocycles. The quantitative estimate of drug-likeness (QED) is 0.619. The van der Waals surface area contributed by atoms with Gasteiger partial charge < -0.3 is 20.4 Å². The van der Waals surface area contributed by atoms with Crippen LogP contribution in [0.1, 0.15) is 16.1 Å². The van der Waals surface area contributed by atoms with Gasteiger partial charge in [-0.2, -0.15) is 0 Å². The number of rotatable bonds is 4. The Balaban J connectivity index is 3.01. The molecular weight excluding hydrogens is 218 g/mol. The summed E-state index contributed by atoms with van der Waals surface area (Å²) >= 11 is 0. The molecule has 16 heavy (non-hydrogen) atoms. The van der Waals surface area contributed by atoms with Crippen molar-refractivity contribution in [2.45, 2.75) is 12.5 Å². The van der Waals surface area contributed by atoms with E-state index in [0.29, 0.717) is 0 Å². The van der Waals surface area contributed by atoms with Crippen molar-refractivity contribution in [3.8, 4) is 0 Å². The largest absolute Gasteiger partial charge is 0.480 e. The van der Waals surface area contributed by atoms with Crippen LogP contribution in [0.2, 0.25) is 0 Å². The van der Waals surface area contributed by atoms with Crippen molar-refractivity contribution in [3.63, 3.8) is 0 Å². The van der Waals surface area contributed by atoms with Crippen LogP contribution < -0.4 is 11.4 Å². The summed E-state index contributed by atoms with van der Waals surface area (Å²) in [5.41, 5.74) is 4.60. The highest BCUT2D eigenvalue weighted by molar-refractivity contribution is 5.84. The van der Waals surface area contributed by atoms with Crippen LogP contribution in [0.15, 0.2) is 21.3 Å². The van der Waals surface area contributed by atoms with E-state index >= 15 is 0 Å². The number of carboxylic acid groups (broad SMARTS) is 2. The van der Waals surface area contributed by atoms with Crippen LogP contribution in [0.25, 0.3) is 0 Å². The molecule has 0 unspecified atom stereocenters. The fraction of sp³-hybridized carbons (Fsp3) is 0.222. The van der Waals surface area contributed by atoms with Gasteiger partial charge in [0.2, 0.25) is 5.76 Å². The highest BCUT2D eigenvalue weighted by Gasteiger charge is 2.15. The number of carbonyl (C=O) groups is 2. The summed E-state index contributed by atoms with van der Waals surface area (Å²) in [5.74, 6) is -3.17.